The Balaban J connectivity index is 2.04. The van der Waals surface area contributed by atoms with E-state index in [2.05, 4.69) is 26.0 Å². The molecule has 3 rings (SSSR count). The molecule has 1 atom stereocenters. The van der Waals surface area contributed by atoms with Crippen molar-refractivity contribution in [3.8, 4) is 0 Å². The molecule has 2 aromatic rings. The van der Waals surface area contributed by atoms with E-state index in [0.717, 1.165) is 11.1 Å². The van der Waals surface area contributed by atoms with Crippen LogP contribution in [-0.4, -0.2) is 23.9 Å². The molecule has 1 heterocycles. The fraction of sp³-hybridized carbons (Fsp3) is 0.280. The monoisotopic (exact) mass is 389 g/mol. The lowest BCUT2D eigenvalue weighted by atomic mass is 9.99. The molecule has 0 bridgehead atoms. The summed E-state index contributed by atoms with van der Waals surface area (Å²) in [6, 6.07) is 17.6. The molecule has 0 aliphatic carbocycles. The van der Waals surface area contributed by atoms with Gasteiger partial charge in [0, 0.05) is 5.70 Å². The summed E-state index contributed by atoms with van der Waals surface area (Å²) in [5.74, 6) is -0.254. The fourth-order valence-electron chi connectivity index (χ4n) is 3.69. The average molecular weight is 389 g/mol. The van der Waals surface area contributed by atoms with Crippen LogP contribution in [0, 0.1) is 0 Å². The number of hydrogen-bond donors (Lipinski definition) is 0. The maximum absolute atomic E-state index is 13.3. The molecule has 2 aromatic carbocycles. The molecule has 0 radical (unpaired) electrons. The van der Waals surface area contributed by atoms with Gasteiger partial charge in [-0.15, -0.1) is 0 Å². The van der Waals surface area contributed by atoms with Crippen molar-refractivity contribution in [3.05, 3.63) is 88.1 Å². The Kier molecular flexibility index (Phi) is 6.02. The van der Waals surface area contributed by atoms with Crippen LogP contribution in [0.1, 0.15) is 56.3 Å². The van der Waals surface area contributed by atoms with Gasteiger partial charge in [0.05, 0.1) is 24.3 Å². The molecular weight excluding hydrogens is 362 g/mol. The van der Waals surface area contributed by atoms with Crippen molar-refractivity contribution >= 4 is 18.0 Å². The van der Waals surface area contributed by atoms with Crippen LogP contribution in [0.5, 0.6) is 0 Å². The summed E-state index contributed by atoms with van der Waals surface area (Å²) < 4.78 is 4.99. The number of ether oxygens (including phenoxy) is 1. The van der Waals surface area contributed by atoms with E-state index in [4.69, 9.17) is 4.74 Å². The van der Waals surface area contributed by atoms with Gasteiger partial charge in [-0.3, -0.25) is 4.79 Å². The smallest absolute Gasteiger partial charge is 0.340 e. The van der Waals surface area contributed by atoms with E-state index < -0.39 is 5.97 Å². The predicted octanol–water partition coefficient (Wildman–Crippen LogP) is 5.24. The Morgan fingerprint density at radius 2 is 1.59 bits per heavy atom. The van der Waals surface area contributed by atoms with E-state index >= 15 is 0 Å². The summed E-state index contributed by atoms with van der Waals surface area (Å²) in [7, 11) is 1.34. The summed E-state index contributed by atoms with van der Waals surface area (Å²) in [6.07, 6.45) is 1.78. The number of esters is 1. The van der Waals surface area contributed by atoms with E-state index in [1.54, 1.807) is 17.9 Å². The molecule has 0 saturated heterocycles. The quantitative estimate of drug-likeness (QED) is 0.519. The maximum atomic E-state index is 13.3. The van der Waals surface area contributed by atoms with Crippen molar-refractivity contribution in [2.75, 3.05) is 7.11 Å². The molecule has 0 saturated carbocycles. The van der Waals surface area contributed by atoms with Gasteiger partial charge >= 0.3 is 5.97 Å². The number of carbonyl (C=O) groups excluding carboxylic acids is 2. The Morgan fingerprint density at radius 3 is 2.14 bits per heavy atom. The lowest BCUT2D eigenvalue weighted by Crippen LogP contribution is -2.28. The van der Waals surface area contributed by atoms with Gasteiger partial charge in [-0.05, 0) is 42.5 Å². The average Bonchev–Trinajstić information content (AvgIpc) is 2.97. The third kappa shape index (κ3) is 4.02. The highest BCUT2D eigenvalue weighted by Crippen LogP contribution is 2.37. The summed E-state index contributed by atoms with van der Waals surface area (Å²) in [4.78, 5) is 27.5. The van der Waals surface area contributed by atoms with Crippen LogP contribution in [0.2, 0.25) is 0 Å². The van der Waals surface area contributed by atoms with Crippen molar-refractivity contribution in [3.63, 3.8) is 0 Å². The zero-order valence-corrected chi connectivity index (χ0v) is 17.6. The first-order valence-electron chi connectivity index (χ1n) is 9.84. The van der Waals surface area contributed by atoms with Crippen LogP contribution < -0.4 is 0 Å². The molecule has 0 fully saturated rings. The lowest BCUT2D eigenvalue weighted by molar-refractivity contribution is -0.136. The highest BCUT2D eigenvalue weighted by Gasteiger charge is 2.39. The summed E-state index contributed by atoms with van der Waals surface area (Å²) in [6.45, 7) is 8.04. The largest absolute Gasteiger partial charge is 0.465 e. The molecule has 0 aromatic heterocycles. The Hall–Kier alpha value is -3.14. The summed E-state index contributed by atoms with van der Waals surface area (Å²) in [5, 5.41) is 0. The molecule has 0 unspecified atom stereocenters. The number of rotatable bonds is 5. The third-order valence-electron chi connectivity index (χ3n) is 5.41. The van der Waals surface area contributed by atoms with Crippen molar-refractivity contribution < 1.29 is 14.3 Å². The lowest BCUT2D eigenvalue weighted by Gasteiger charge is -2.26. The Morgan fingerprint density at radius 1 is 0.966 bits per heavy atom. The molecule has 4 nitrogen and oxygen atoms in total. The van der Waals surface area contributed by atoms with Gasteiger partial charge in [-0.2, -0.15) is 0 Å². The van der Waals surface area contributed by atoms with Gasteiger partial charge in [0.15, 0.2) is 0 Å². The molecular formula is C25H27NO3. The normalized spacial score (nSPS) is 16.7. The number of amides is 1. The third-order valence-corrected chi connectivity index (χ3v) is 5.41. The molecule has 1 amide bonds. The van der Waals surface area contributed by atoms with Crippen LogP contribution in [-0.2, 0) is 14.3 Å². The summed E-state index contributed by atoms with van der Waals surface area (Å²) >= 11 is 0. The Bertz CT molecular complexity index is 969. The van der Waals surface area contributed by atoms with Gasteiger partial charge in [-0.1, -0.05) is 68.4 Å². The van der Waals surface area contributed by atoms with E-state index in [-0.39, 0.29) is 11.9 Å². The van der Waals surface area contributed by atoms with Crippen LogP contribution in [0.4, 0.5) is 0 Å². The topological polar surface area (TPSA) is 46.6 Å². The molecule has 1 aliphatic heterocycles. The fourth-order valence-corrected chi connectivity index (χ4v) is 3.69. The van der Waals surface area contributed by atoms with Crippen molar-refractivity contribution in [1.82, 2.24) is 4.90 Å². The number of benzene rings is 2. The van der Waals surface area contributed by atoms with Crippen molar-refractivity contribution in [2.24, 2.45) is 0 Å². The van der Waals surface area contributed by atoms with E-state index in [0.29, 0.717) is 22.8 Å². The minimum Gasteiger partial charge on any atom is -0.465 e. The summed E-state index contributed by atoms with van der Waals surface area (Å²) in [5.41, 5.74) is 4.42. The standard InChI is InChI=1S/C25H27NO3/c1-16(2)20-13-11-19(12-14-20)15-22-23(25(28)29-5)18(4)26(24(22)27)17(3)21-9-7-6-8-10-21/h6-17H,1-5H3/b22-15-/t17-/m1/s1. The zero-order valence-electron chi connectivity index (χ0n) is 17.6. The minimum atomic E-state index is -0.497. The number of hydrogen-bond acceptors (Lipinski definition) is 3. The Labute approximate surface area is 172 Å². The first kappa shape index (κ1) is 20.6. The van der Waals surface area contributed by atoms with Crippen LogP contribution >= 0.6 is 0 Å². The number of allylic oxidation sites excluding steroid dienone is 1. The van der Waals surface area contributed by atoms with E-state index in [1.165, 1.54) is 12.7 Å². The molecule has 0 N–H and O–H groups in total. The molecule has 0 spiro atoms. The first-order valence-corrected chi connectivity index (χ1v) is 9.84. The number of methoxy groups -OCH3 is 1. The van der Waals surface area contributed by atoms with Gasteiger partial charge < -0.3 is 9.64 Å². The van der Waals surface area contributed by atoms with Crippen LogP contribution in [0.25, 0.3) is 6.08 Å². The van der Waals surface area contributed by atoms with Gasteiger partial charge in [0.25, 0.3) is 5.91 Å². The van der Waals surface area contributed by atoms with Gasteiger partial charge in [0.2, 0.25) is 0 Å². The second kappa shape index (κ2) is 8.48. The van der Waals surface area contributed by atoms with Crippen molar-refractivity contribution in [2.45, 2.75) is 39.7 Å². The zero-order chi connectivity index (χ0) is 21.1. The molecule has 4 heteroatoms. The molecule has 29 heavy (non-hydrogen) atoms. The SMILES string of the molecule is COC(=O)C1=C(C)N([C@H](C)c2ccccc2)C(=O)/C1=C\c1ccc(C(C)C)cc1. The van der Waals surface area contributed by atoms with Crippen LogP contribution in [0.3, 0.4) is 0 Å². The highest BCUT2D eigenvalue weighted by atomic mass is 16.5. The van der Waals surface area contributed by atoms with Crippen molar-refractivity contribution in [1.29, 1.82) is 0 Å². The van der Waals surface area contributed by atoms with E-state index in [1.807, 2.05) is 49.4 Å². The maximum Gasteiger partial charge on any atom is 0.340 e. The first-order chi connectivity index (χ1) is 13.8. The van der Waals surface area contributed by atoms with Gasteiger partial charge in [-0.25, -0.2) is 4.79 Å². The van der Waals surface area contributed by atoms with Crippen LogP contribution in [0.15, 0.2) is 71.4 Å². The minimum absolute atomic E-state index is 0.188. The molecule has 1 aliphatic rings. The van der Waals surface area contributed by atoms with Gasteiger partial charge in [0.1, 0.15) is 0 Å². The number of nitrogens with zero attached hydrogens (tertiary/aromatic N) is 1. The molecule has 150 valence electrons. The number of carbonyl (C=O) groups is 2. The van der Waals surface area contributed by atoms with E-state index in [9.17, 15) is 9.59 Å². The highest BCUT2D eigenvalue weighted by molar-refractivity contribution is 6.16. The second-order valence-electron chi connectivity index (χ2n) is 7.59. The predicted molar refractivity (Wildman–Crippen MR) is 115 cm³/mol. The second-order valence-corrected chi connectivity index (χ2v) is 7.59.